The molecule has 0 radical (unpaired) electrons. The summed E-state index contributed by atoms with van der Waals surface area (Å²) in [6, 6.07) is 13.3. The van der Waals surface area contributed by atoms with Crippen LogP contribution in [0.5, 0.6) is 0 Å². The van der Waals surface area contributed by atoms with Gasteiger partial charge in [-0.2, -0.15) is 0 Å². The minimum absolute atomic E-state index is 0.174. The van der Waals surface area contributed by atoms with Crippen molar-refractivity contribution < 1.29 is 4.39 Å². The first-order chi connectivity index (χ1) is 8.68. The molecule has 0 aliphatic carbocycles. The number of halogens is 2. The maximum atomic E-state index is 13.9. The predicted octanol–water partition coefficient (Wildman–Crippen LogP) is 4.01. The molecule has 2 aromatic carbocycles. The van der Waals surface area contributed by atoms with E-state index in [1.54, 1.807) is 13.0 Å². The SMILES string of the molecule is Cc1c(Br)ccc(CNNc2ccccc2)c1F. The van der Waals surface area contributed by atoms with E-state index in [9.17, 15) is 4.39 Å². The molecule has 2 N–H and O–H groups in total. The van der Waals surface area contributed by atoms with Gasteiger partial charge < -0.3 is 5.43 Å². The Morgan fingerprint density at radius 1 is 1.11 bits per heavy atom. The van der Waals surface area contributed by atoms with Crippen molar-refractivity contribution in [2.45, 2.75) is 13.5 Å². The van der Waals surface area contributed by atoms with Gasteiger partial charge in [0.15, 0.2) is 0 Å². The summed E-state index contributed by atoms with van der Waals surface area (Å²) in [6.45, 7) is 2.18. The Morgan fingerprint density at radius 2 is 1.83 bits per heavy atom. The lowest BCUT2D eigenvalue weighted by Gasteiger charge is -2.10. The fraction of sp³-hybridized carbons (Fsp3) is 0.143. The topological polar surface area (TPSA) is 24.1 Å². The molecule has 0 aromatic heterocycles. The van der Waals surface area contributed by atoms with Crippen LogP contribution < -0.4 is 10.9 Å². The normalized spacial score (nSPS) is 10.4. The fourth-order valence-corrected chi connectivity index (χ4v) is 1.92. The van der Waals surface area contributed by atoms with Crippen LogP contribution >= 0.6 is 15.9 Å². The first-order valence-electron chi connectivity index (χ1n) is 5.66. The third-order valence-corrected chi connectivity index (χ3v) is 3.54. The zero-order valence-electron chi connectivity index (χ0n) is 10.0. The fourth-order valence-electron chi connectivity index (χ4n) is 1.62. The molecule has 0 spiro atoms. The van der Waals surface area contributed by atoms with Crippen LogP contribution in [0.15, 0.2) is 46.9 Å². The van der Waals surface area contributed by atoms with Crippen LogP contribution in [0.4, 0.5) is 10.1 Å². The van der Waals surface area contributed by atoms with Crippen molar-refractivity contribution in [3.63, 3.8) is 0 Å². The molecule has 0 saturated heterocycles. The van der Waals surface area contributed by atoms with Crippen molar-refractivity contribution in [3.8, 4) is 0 Å². The maximum absolute atomic E-state index is 13.9. The molecule has 2 aromatic rings. The Morgan fingerprint density at radius 3 is 2.56 bits per heavy atom. The summed E-state index contributed by atoms with van der Waals surface area (Å²) in [4.78, 5) is 0. The highest BCUT2D eigenvalue weighted by atomic mass is 79.9. The van der Waals surface area contributed by atoms with E-state index in [0.29, 0.717) is 17.7 Å². The summed E-state index contributed by atoms with van der Waals surface area (Å²) >= 11 is 3.31. The van der Waals surface area contributed by atoms with Crippen molar-refractivity contribution >= 4 is 21.6 Å². The Bertz CT molecular complexity index is 529. The van der Waals surface area contributed by atoms with Crippen LogP contribution in [0.1, 0.15) is 11.1 Å². The largest absolute Gasteiger partial charge is 0.321 e. The summed E-state index contributed by atoms with van der Waals surface area (Å²) in [5.41, 5.74) is 8.25. The van der Waals surface area contributed by atoms with Gasteiger partial charge in [-0.25, -0.2) is 9.82 Å². The van der Waals surface area contributed by atoms with E-state index >= 15 is 0 Å². The second-order valence-electron chi connectivity index (χ2n) is 3.99. The van der Waals surface area contributed by atoms with E-state index in [0.717, 1.165) is 10.2 Å². The molecule has 0 unspecified atom stereocenters. The van der Waals surface area contributed by atoms with E-state index in [2.05, 4.69) is 26.8 Å². The van der Waals surface area contributed by atoms with Crippen LogP contribution in [0.25, 0.3) is 0 Å². The molecule has 0 atom stereocenters. The average Bonchev–Trinajstić information content (AvgIpc) is 2.40. The molecule has 0 saturated carbocycles. The summed E-state index contributed by atoms with van der Waals surface area (Å²) in [5, 5.41) is 0. The molecule has 2 nitrogen and oxygen atoms in total. The number of rotatable bonds is 4. The number of hydrogen-bond acceptors (Lipinski definition) is 2. The van der Waals surface area contributed by atoms with Crippen LogP contribution in [0, 0.1) is 12.7 Å². The minimum Gasteiger partial charge on any atom is -0.321 e. The lowest BCUT2D eigenvalue weighted by Crippen LogP contribution is -2.21. The molecule has 0 fully saturated rings. The van der Waals surface area contributed by atoms with E-state index in [1.807, 2.05) is 36.4 Å². The number of nitrogens with one attached hydrogen (secondary N) is 2. The molecule has 2 rings (SSSR count). The minimum atomic E-state index is -0.174. The van der Waals surface area contributed by atoms with Crippen LogP contribution in [0.2, 0.25) is 0 Å². The van der Waals surface area contributed by atoms with Gasteiger partial charge in [-0.3, -0.25) is 0 Å². The van der Waals surface area contributed by atoms with Gasteiger partial charge in [-0.05, 0) is 30.7 Å². The van der Waals surface area contributed by atoms with Crippen molar-refractivity contribution in [2.24, 2.45) is 0 Å². The molecule has 4 heteroatoms. The van der Waals surface area contributed by atoms with E-state index in [4.69, 9.17) is 0 Å². The molecule has 0 aliphatic heterocycles. The Hall–Kier alpha value is -1.39. The highest BCUT2D eigenvalue weighted by Crippen LogP contribution is 2.21. The zero-order chi connectivity index (χ0) is 13.0. The standard InChI is InChI=1S/C14H14BrFN2/c1-10-13(15)8-7-11(14(10)16)9-17-18-12-5-3-2-4-6-12/h2-8,17-18H,9H2,1H3. The van der Waals surface area contributed by atoms with Gasteiger partial charge in [0.05, 0.1) is 0 Å². The Labute approximate surface area is 114 Å². The molecule has 94 valence electrons. The third kappa shape index (κ3) is 3.09. The van der Waals surface area contributed by atoms with Crippen molar-refractivity contribution in [1.82, 2.24) is 5.43 Å². The second-order valence-corrected chi connectivity index (χ2v) is 4.84. The first-order valence-corrected chi connectivity index (χ1v) is 6.45. The highest BCUT2D eigenvalue weighted by Gasteiger charge is 2.07. The van der Waals surface area contributed by atoms with Gasteiger partial charge in [0, 0.05) is 22.3 Å². The quantitative estimate of drug-likeness (QED) is 0.834. The Balaban J connectivity index is 1.97. The molecule has 0 bridgehead atoms. The van der Waals surface area contributed by atoms with Crippen molar-refractivity contribution in [3.05, 3.63) is 63.9 Å². The lowest BCUT2D eigenvalue weighted by molar-refractivity contribution is 0.590. The number of anilines is 1. The van der Waals surface area contributed by atoms with Crippen LogP contribution in [0.3, 0.4) is 0 Å². The van der Waals surface area contributed by atoms with Gasteiger partial charge in [-0.15, -0.1) is 0 Å². The lowest BCUT2D eigenvalue weighted by atomic mass is 10.1. The van der Waals surface area contributed by atoms with Gasteiger partial charge in [0.1, 0.15) is 5.82 Å². The average molecular weight is 309 g/mol. The number of benzene rings is 2. The predicted molar refractivity (Wildman–Crippen MR) is 75.7 cm³/mol. The maximum Gasteiger partial charge on any atom is 0.131 e. The van der Waals surface area contributed by atoms with Gasteiger partial charge in [-0.1, -0.05) is 40.2 Å². The molecule has 0 heterocycles. The summed E-state index contributed by atoms with van der Waals surface area (Å²) in [5.74, 6) is -0.174. The molecule has 18 heavy (non-hydrogen) atoms. The summed E-state index contributed by atoms with van der Waals surface area (Å²) in [7, 11) is 0. The molecular formula is C14H14BrFN2. The number of para-hydroxylation sites is 1. The highest BCUT2D eigenvalue weighted by molar-refractivity contribution is 9.10. The van der Waals surface area contributed by atoms with E-state index in [1.165, 1.54) is 0 Å². The third-order valence-electron chi connectivity index (χ3n) is 2.69. The van der Waals surface area contributed by atoms with Crippen molar-refractivity contribution in [2.75, 3.05) is 5.43 Å². The number of hydrazine groups is 1. The monoisotopic (exact) mass is 308 g/mol. The van der Waals surface area contributed by atoms with Crippen LogP contribution in [-0.2, 0) is 6.54 Å². The summed E-state index contributed by atoms with van der Waals surface area (Å²) in [6.07, 6.45) is 0. The molecule has 0 aliphatic rings. The zero-order valence-corrected chi connectivity index (χ0v) is 11.6. The van der Waals surface area contributed by atoms with Gasteiger partial charge in [0.2, 0.25) is 0 Å². The van der Waals surface area contributed by atoms with E-state index in [-0.39, 0.29) is 5.82 Å². The van der Waals surface area contributed by atoms with E-state index < -0.39 is 0 Å². The van der Waals surface area contributed by atoms with Crippen LogP contribution in [-0.4, -0.2) is 0 Å². The molecule has 0 amide bonds. The second kappa shape index (κ2) is 5.98. The van der Waals surface area contributed by atoms with Gasteiger partial charge >= 0.3 is 0 Å². The summed E-state index contributed by atoms with van der Waals surface area (Å²) < 4.78 is 14.7. The van der Waals surface area contributed by atoms with Crippen molar-refractivity contribution in [1.29, 1.82) is 0 Å². The van der Waals surface area contributed by atoms with Gasteiger partial charge in [0.25, 0.3) is 0 Å². The smallest absolute Gasteiger partial charge is 0.131 e. The first kappa shape index (κ1) is 13.1. The Kier molecular flexibility index (Phi) is 4.33. The number of hydrogen-bond donors (Lipinski definition) is 2. The molecular weight excluding hydrogens is 295 g/mol.